The Labute approximate surface area is 106 Å². The molecule has 0 aromatic carbocycles. The summed E-state index contributed by atoms with van der Waals surface area (Å²) in [6.07, 6.45) is 6.04. The summed E-state index contributed by atoms with van der Waals surface area (Å²) in [4.78, 5) is 15.6. The third-order valence-electron chi connectivity index (χ3n) is 3.41. The van der Waals surface area contributed by atoms with E-state index in [1.165, 1.54) is 18.5 Å². The third-order valence-corrected chi connectivity index (χ3v) is 3.41. The molecule has 0 saturated heterocycles. The lowest BCUT2D eigenvalue weighted by Crippen LogP contribution is -2.32. The van der Waals surface area contributed by atoms with Gasteiger partial charge in [-0.05, 0) is 37.7 Å². The largest absolute Gasteiger partial charge is 0.505 e. The number of hydrogen-bond donors (Lipinski definition) is 3. The van der Waals surface area contributed by atoms with Gasteiger partial charge in [0.25, 0.3) is 5.91 Å². The molecule has 18 heavy (non-hydrogen) atoms. The van der Waals surface area contributed by atoms with Gasteiger partial charge < -0.3 is 15.5 Å². The molecule has 1 fully saturated rings. The van der Waals surface area contributed by atoms with E-state index in [1.54, 1.807) is 0 Å². The van der Waals surface area contributed by atoms with Crippen LogP contribution < -0.4 is 5.32 Å². The Balaban J connectivity index is 1.84. The predicted octanol–water partition coefficient (Wildman–Crippen LogP) is 1.07. The van der Waals surface area contributed by atoms with Gasteiger partial charge in [-0.2, -0.15) is 0 Å². The van der Waals surface area contributed by atoms with Crippen molar-refractivity contribution >= 4 is 5.91 Å². The predicted molar refractivity (Wildman–Crippen MR) is 66.2 cm³/mol. The van der Waals surface area contributed by atoms with Crippen molar-refractivity contribution in [2.75, 3.05) is 6.54 Å². The lowest BCUT2D eigenvalue weighted by molar-refractivity contribution is 0.0908. The molecule has 1 saturated carbocycles. The van der Waals surface area contributed by atoms with Crippen molar-refractivity contribution in [2.24, 2.45) is 5.92 Å². The van der Waals surface area contributed by atoms with E-state index < -0.39 is 0 Å². The quantitative estimate of drug-likeness (QED) is 0.749. The first-order valence-electron chi connectivity index (χ1n) is 6.26. The Morgan fingerprint density at radius 3 is 2.78 bits per heavy atom. The van der Waals surface area contributed by atoms with Crippen LogP contribution in [0.3, 0.4) is 0 Å². The van der Waals surface area contributed by atoms with Crippen molar-refractivity contribution in [3.63, 3.8) is 0 Å². The number of amides is 1. The first-order chi connectivity index (χ1) is 8.66. The van der Waals surface area contributed by atoms with E-state index in [1.807, 2.05) is 0 Å². The smallest absolute Gasteiger partial charge is 0.255 e. The molecule has 5 nitrogen and oxygen atoms in total. The molecule has 0 unspecified atom stereocenters. The Morgan fingerprint density at radius 1 is 1.39 bits per heavy atom. The summed E-state index contributed by atoms with van der Waals surface area (Å²) in [6.45, 7) is 0.591. The van der Waals surface area contributed by atoms with Gasteiger partial charge in [0.2, 0.25) is 0 Å². The highest BCUT2D eigenvalue weighted by Crippen LogP contribution is 2.23. The maximum atomic E-state index is 11.8. The van der Waals surface area contributed by atoms with Gasteiger partial charge in [0.05, 0.1) is 17.9 Å². The molecule has 0 atom stereocenters. The monoisotopic (exact) mass is 250 g/mol. The maximum Gasteiger partial charge on any atom is 0.255 e. The van der Waals surface area contributed by atoms with Crippen LogP contribution >= 0.6 is 0 Å². The Bertz CT molecular complexity index is 414. The minimum atomic E-state index is -0.277. The molecule has 1 amide bonds. The first-order valence-corrected chi connectivity index (χ1v) is 6.26. The van der Waals surface area contributed by atoms with Gasteiger partial charge in [-0.3, -0.25) is 9.78 Å². The molecule has 3 N–H and O–H groups in total. The minimum absolute atomic E-state index is 0.103. The third kappa shape index (κ3) is 3.20. The minimum Gasteiger partial charge on any atom is -0.505 e. The highest BCUT2D eigenvalue weighted by Gasteiger charge is 2.20. The summed E-state index contributed by atoms with van der Waals surface area (Å²) in [6, 6.07) is 1.50. The topological polar surface area (TPSA) is 82.5 Å². The van der Waals surface area contributed by atoms with E-state index in [-0.39, 0.29) is 23.3 Å². The molecule has 1 aliphatic rings. The van der Waals surface area contributed by atoms with E-state index in [2.05, 4.69) is 10.3 Å². The zero-order chi connectivity index (χ0) is 13.0. The average Bonchev–Trinajstić information content (AvgIpc) is 2.38. The van der Waals surface area contributed by atoms with Crippen molar-refractivity contribution in [3.8, 4) is 5.75 Å². The summed E-state index contributed by atoms with van der Waals surface area (Å²) in [5.41, 5.74) is 0.251. The maximum absolute atomic E-state index is 11.8. The fourth-order valence-corrected chi connectivity index (χ4v) is 2.26. The molecule has 98 valence electrons. The SMILES string of the molecule is O=C(NCC1CCC(O)CC1)c1ccncc1O. The molecule has 2 rings (SSSR count). The van der Waals surface area contributed by atoms with E-state index >= 15 is 0 Å². The van der Waals surface area contributed by atoms with Crippen LogP contribution in [0.15, 0.2) is 18.5 Å². The number of carbonyl (C=O) groups excluding carboxylic acids is 1. The molecule has 0 aliphatic heterocycles. The van der Waals surface area contributed by atoms with Crippen LogP contribution in [0.2, 0.25) is 0 Å². The fraction of sp³-hybridized carbons (Fsp3) is 0.538. The van der Waals surface area contributed by atoms with Crippen LogP contribution in [0.4, 0.5) is 0 Å². The van der Waals surface area contributed by atoms with Gasteiger partial charge in [0.15, 0.2) is 0 Å². The molecule has 0 spiro atoms. The number of pyridine rings is 1. The normalized spacial score (nSPS) is 23.6. The molecule has 1 aliphatic carbocycles. The number of aliphatic hydroxyl groups is 1. The first kappa shape index (κ1) is 12.8. The zero-order valence-electron chi connectivity index (χ0n) is 10.2. The number of hydrogen-bond acceptors (Lipinski definition) is 4. The van der Waals surface area contributed by atoms with Crippen LogP contribution in [0.1, 0.15) is 36.0 Å². The van der Waals surface area contributed by atoms with Crippen molar-refractivity contribution in [1.82, 2.24) is 10.3 Å². The van der Waals surface area contributed by atoms with E-state index in [0.717, 1.165) is 25.7 Å². The fourth-order valence-electron chi connectivity index (χ4n) is 2.26. The van der Waals surface area contributed by atoms with Crippen LogP contribution in [-0.2, 0) is 0 Å². The zero-order valence-corrected chi connectivity index (χ0v) is 10.2. The number of aliphatic hydroxyl groups excluding tert-OH is 1. The lowest BCUT2D eigenvalue weighted by atomic mass is 9.87. The second kappa shape index (κ2) is 5.82. The van der Waals surface area contributed by atoms with Crippen LogP contribution in [-0.4, -0.2) is 33.8 Å². The summed E-state index contributed by atoms with van der Waals surface area (Å²) in [5.74, 6) is 0.0384. The molecule has 0 radical (unpaired) electrons. The van der Waals surface area contributed by atoms with E-state index in [9.17, 15) is 15.0 Å². The summed E-state index contributed by atoms with van der Waals surface area (Å²) in [5, 5.41) is 21.7. The van der Waals surface area contributed by atoms with Crippen LogP contribution in [0.25, 0.3) is 0 Å². The number of aromatic hydroxyl groups is 1. The van der Waals surface area contributed by atoms with Crippen molar-refractivity contribution in [1.29, 1.82) is 0 Å². The highest BCUT2D eigenvalue weighted by atomic mass is 16.3. The van der Waals surface area contributed by atoms with E-state index in [4.69, 9.17) is 0 Å². The Morgan fingerprint density at radius 2 is 2.11 bits per heavy atom. The van der Waals surface area contributed by atoms with Crippen molar-refractivity contribution in [2.45, 2.75) is 31.8 Å². The van der Waals surface area contributed by atoms with Gasteiger partial charge in [0.1, 0.15) is 5.75 Å². The highest BCUT2D eigenvalue weighted by molar-refractivity contribution is 5.96. The summed E-state index contributed by atoms with van der Waals surface area (Å²) >= 11 is 0. The van der Waals surface area contributed by atoms with Crippen LogP contribution in [0.5, 0.6) is 5.75 Å². The van der Waals surface area contributed by atoms with Crippen LogP contribution in [0, 0.1) is 5.92 Å². The van der Waals surface area contributed by atoms with Gasteiger partial charge >= 0.3 is 0 Å². The molecule has 1 heterocycles. The summed E-state index contributed by atoms with van der Waals surface area (Å²) < 4.78 is 0. The molecule has 5 heteroatoms. The van der Waals surface area contributed by atoms with E-state index in [0.29, 0.717) is 12.5 Å². The molecule has 1 aromatic heterocycles. The molecule has 0 bridgehead atoms. The Kier molecular flexibility index (Phi) is 4.15. The number of carbonyl (C=O) groups is 1. The molecular formula is C13H18N2O3. The molecule has 1 aromatic rings. The average molecular weight is 250 g/mol. The molecular weight excluding hydrogens is 232 g/mol. The number of nitrogens with zero attached hydrogens (tertiary/aromatic N) is 1. The van der Waals surface area contributed by atoms with Gasteiger partial charge in [-0.15, -0.1) is 0 Å². The number of rotatable bonds is 3. The van der Waals surface area contributed by atoms with Gasteiger partial charge in [-0.25, -0.2) is 0 Å². The van der Waals surface area contributed by atoms with Crippen molar-refractivity contribution < 1.29 is 15.0 Å². The number of aromatic nitrogens is 1. The second-order valence-electron chi connectivity index (χ2n) is 4.78. The second-order valence-corrected chi connectivity index (χ2v) is 4.78. The van der Waals surface area contributed by atoms with Gasteiger partial charge in [-0.1, -0.05) is 0 Å². The number of nitrogens with one attached hydrogen (secondary N) is 1. The lowest BCUT2D eigenvalue weighted by Gasteiger charge is -2.25. The summed E-state index contributed by atoms with van der Waals surface area (Å²) in [7, 11) is 0. The van der Waals surface area contributed by atoms with Crippen molar-refractivity contribution in [3.05, 3.63) is 24.0 Å². The standard InChI is InChI=1S/C13H18N2O3/c16-10-3-1-9(2-4-10)7-15-13(18)11-5-6-14-8-12(11)17/h5-6,8-10,16-17H,1-4,7H2,(H,15,18). The van der Waals surface area contributed by atoms with Gasteiger partial charge in [0, 0.05) is 12.7 Å². The Hall–Kier alpha value is -1.62.